The second-order valence-corrected chi connectivity index (χ2v) is 8.02. The Bertz CT molecular complexity index is 566. The molecule has 0 bridgehead atoms. The van der Waals surface area contributed by atoms with Gasteiger partial charge in [-0.15, -0.1) is 0 Å². The van der Waals surface area contributed by atoms with Crippen LogP contribution in [0.25, 0.3) is 0 Å². The lowest BCUT2D eigenvalue weighted by Gasteiger charge is -2.23. The van der Waals surface area contributed by atoms with Crippen LogP contribution in [0, 0.1) is 0 Å². The molecule has 1 unspecified atom stereocenters. The summed E-state index contributed by atoms with van der Waals surface area (Å²) in [5, 5.41) is 3.41. The molecule has 1 heterocycles. The second-order valence-electron chi connectivity index (χ2n) is 5.79. The van der Waals surface area contributed by atoms with E-state index >= 15 is 0 Å². The van der Waals surface area contributed by atoms with Crippen molar-refractivity contribution in [2.24, 2.45) is 0 Å². The lowest BCUT2D eigenvalue weighted by molar-refractivity contribution is 0.480. The van der Waals surface area contributed by atoms with Gasteiger partial charge in [0.15, 0.2) is 9.84 Å². The highest BCUT2D eigenvalue weighted by Gasteiger charge is 2.24. The highest BCUT2D eigenvalue weighted by Crippen LogP contribution is 2.23. The zero-order valence-corrected chi connectivity index (χ0v) is 12.0. The second kappa shape index (κ2) is 5.25. The summed E-state index contributed by atoms with van der Waals surface area (Å²) in [4.78, 5) is 0. The van der Waals surface area contributed by atoms with Gasteiger partial charge in [0.05, 0.1) is 11.5 Å². The summed E-state index contributed by atoms with van der Waals surface area (Å²) >= 11 is 0. The van der Waals surface area contributed by atoms with E-state index in [0.717, 1.165) is 19.4 Å². The van der Waals surface area contributed by atoms with Gasteiger partial charge in [0.25, 0.3) is 0 Å². The topological polar surface area (TPSA) is 46.2 Å². The number of rotatable bonds is 3. The molecule has 0 radical (unpaired) electrons. The van der Waals surface area contributed by atoms with Crippen LogP contribution in [0.1, 0.15) is 36.0 Å². The van der Waals surface area contributed by atoms with Crippen LogP contribution in [0.3, 0.4) is 0 Å². The Morgan fingerprint density at radius 2 is 2.00 bits per heavy atom. The number of hydrogen-bond donors (Lipinski definition) is 1. The van der Waals surface area contributed by atoms with Gasteiger partial charge < -0.3 is 5.32 Å². The zero-order chi connectivity index (χ0) is 13.3. The molecule has 104 valence electrons. The summed E-state index contributed by atoms with van der Waals surface area (Å²) in [6, 6.07) is 6.82. The van der Waals surface area contributed by atoms with Crippen LogP contribution in [0.15, 0.2) is 18.2 Å². The maximum atomic E-state index is 11.6. The Labute approximate surface area is 115 Å². The normalized spacial score (nSPS) is 25.2. The van der Waals surface area contributed by atoms with E-state index in [-0.39, 0.29) is 6.04 Å². The third-order valence-electron chi connectivity index (χ3n) is 4.22. The fourth-order valence-corrected chi connectivity index (χ4v) is 4.85. The number of benzene rings is 1. The molecule has 3 rings (SSSR count). The van der Waals surface area contributed by atoms with Crippen molar-refractivity contribution < 1.29 is 8.42 Å². The molecule has 1 N–H and O–H groups in total. The standard InChI is InChI=1S/C15H21NO2S/c17-19(18)8-2-5-15(11-19)16-10-12-6-7-13-3-1-4-14(13)9-12/h6-7,9,15-16H,1-5,8,10-11H2. The van der Waals surface area contributed by atoms with Gasteiger partial charge in [0, 0.05) is 12.6 Å². The van der Waals surface area contributed by atoms with Crippen LogP contribution < -0.4 is 5.32 Å². The average molecular weight is 279 g/mol. The van der Waals surface area contributed by atoms with Crippen molar-refractivity contribution in [1.29, 1.82) is 0 Å². The molecule has 1 aliphatic heterocycles. The molecule has 19 heavy (non-hydrogen) atoms. The molecule has 1 saturated heterocycles. The first kappa shape index (κ1) is 13.1. The molecular formula is C15H21NO2S. The number of hydrogen-bond acceptors (Lipinski definition) is 3. The fraction of sp³-hybridized carbons (Fsp3) is 0.600. The first-order chi connectivity index (χ1) is 9.12. The molecule has 0 aromatic heterocycles. The smallest absolute Gasteiger partial charge is 0.151 e. The van der Waals surface area contributed by atoms with Crippen LogP contribution >= 0.6 is 0 Å². The fourth-order valence-electron chi connectivity index (χ4n) is 3.18. The summed E-state index contributed by atoms with van der Waals surface area (Å²) < 4.78 is 23.2. The van der Waals surface area contributed by atoms with Crippen molar-refractivity contribution >= 4 is 9.84 Å². The minimum Gasteiger partial charge on any atom is -0.309 e. The Hall–Kier alpha value is -0.870. The molecule has 3 nitrogen and oxygen atoms in total. The number of fused-ring (bicyclic) bond motifs is 1. The molecule has 2 aliphatic rings. The van der Waals surface area contributed by atoms with Gasteiger partial charge in [-0.2, -0.15) is 0 Å². The summed E-state index contributed by atoms with van der Waals surface area (Å²) in [5.74, 6) is 0.669. The molecule has 0 amide bonds. The maximum Gasteiger partial charge on any atom is 0.151 e. The lowest BCUT2D eigenvalue weighted by Crippen LogP contribution is -2.39. The Kier molecular flexibility index (Phi) is 3.63. The molecule has 1 aliphatic carbocycles. The predicted molar refractivity (Wildman–Crippen MR) is 77.0 cm³/mol. The molecule has 1 fully saturated rings. The first-order valence-electron chi connectivity index (χ1n) is 7.17. The predicted octanol–water partition coefficient (Wildman–Crippen LogP) is 1.84. The summed E-state index contributed by atoms with van der Waals surface area (Å²) in [5.41, 5.74) is 4.25. The van der Waals surface area contributed by atoms with Crippen molar-refractivity contribution in [1.82, 2.24) is 5.32 Å². The van der Waals surface area contributed by atoms with Gasteiger partial charge in [-0.25, -0.2) is 8.42 Å². The minimum atomic E-state index is -2.81. The van der Waals surface area contributed by atoms with Crippen LogP contribution in [0.2, 0.25) is 0 Å². The largest absolute Gasteiger partial charge is 0.309 e. The molecular weight excluding hydrogens is 258 g/mol. The van der Waals surface area contributed by atoms with E-state index in [1.54, 1.807) is 0 Å². The molecule has 0 saturated carbocycles. The molecule has 4 heteroatoms. The summed E-state index contributed by atoms with van der Waals surface area (Å²) in [6.45, 7) is 0.785. The van der Waals surface area contributed by atoms with E-state index in [2.05, 4.69) is 23.5 Å². The first-order valence-corrected chi connectivity index (χ1v) is 8.99. The van der Waals surface area contributed by atoms with Crippen LogP contribution in [0.4, 0.5) is 0 Å². The molecule has 0 spiro atoms. The summed E-state index contributed by atoms with van der Waals surface area (Å²) in [6.07, 6.45) is 5.45. The van der Waals surface area contributed by atoms with Crippen molar-refractivity contribution in [3.63, 3.8) is 0 Å². The van der Waals surface area contributed by atoms with Gasteiger partial charge in [0.2, 0.25) is 0 Å². The van der Waals surface area contributed by atoms with E-state index in [1.165, 1.54) is 36.0 Å². The highest BCUT2D eigenvalue weighted by molar-refractivity contribution is 7.91. The zero-order valence-electron chi connectivity index (χ0n) is 11.2. The molecule has 1 aromatic rings. The Morgan fingerprint density at radius 3 is 2.84 bits per heavy atom. The van der Waals surface area contributed by atoms with Crippen molar-refractivity contribution in [3.8, 4) is 0 Å². The molecule has 1 aromatic carbocycles. The lowest BCUT2D eigenvalue weighted by atomic mass is 10.1. The quantitative estimate of drug-likeness (QED) is 0.918. The van der Waals surface area contributed by atoms with Gasteiger partial charge in [-0.05, 0) is 48.8 Å². The SMILES string of the molecule is O=S1(=O)CCCC(NCc2ccc3c(c2)CCC3)C1. The third-order valence-corrected chi connectivity index (χ3v) is 6.04. The van der Waals surface area contributed by atoms with E-state index in [4.69, 9.17) is 0 Å². The van der Waals surface area contributed by atoms with Gasteiger partial charge >= 0.3 is 0 Å². The van der Waals surface area contributed by atoms with E-state index < -0.39 is 9.84 Å². The van der Waals surface area contributed by atoms with E-state index in [0.29, 0.717) is 11.5 Å². The third kappa shape index (κ3) is 3.18. The van der Waals surface area contributed by atoms with Crippen molar-refractivity contribution in [2.45, 2.75) is 44.7 Å². The number of nitrogens with one attached hydrogen (secondary N) is 1. The van der Waals surface area contributed by atoms with Crippen LogP contribution in [0.5, 0.6) is 0 Å². The van der Waals surface area contributed by atoms with Gasteiger partial charge in [-0.1, -0.05) is 18.2 Å². The van der Waals surface area contributed by atoms with Gasteiger partial charge in [-0.3, -0.25) is 0 Å². The Balaban J connectivity index is 1.60. The highest BCUT2D eigenvalue weighted by atomic mass is 32.2. The van der Waals surface area contributed by atoms with Crippen molar-refractivity contribution in [2.75, 3.05) is 11.5 Å². The maximum absolute atomic E-state index is 11.6. The Morgan fingerprint density at radius 1 is 1.16 bits per heavy atom. The average Bonchev–Trinajstić information content (AvgIpc) is 2.82. The van der Waals surface area contributed by atoms with E-state index in [1.807, 2.05) is 0 Å². The number of sulfone groups is 1. The van der Waals surface area contributed by atoms with Gasteiger partial charge in [0.1, 0.15) is 0 Å². The van der Waals surface area contributed by atoms with Crippen molar-refractivity contribution in [3.05, 3.63) is 34.9 Å². The monoisotopic (exact) mass is 279 g/mol. The molecule has 1 atom stereocenters. The van der Waals surface area contributed by atoms with Crippen LogP contribution in [-0.2, 0) is 29.2 Å². The minimum absolute atomic E-state index is 0.131. The summed E-state index contributed by atoms with van der Waals surface area (Å²) in [7, 11) is -2.81. The number of aryl methyl sites for hydroxylation is 2. The van der Waals surface area contributed by atoms with E-state index in [9.17, 15) is 8.42 Å². The van der Waals surface area contributed by atoms with Crippen LogP contribution in [-0.4, -0.2) is 26.0 Å².